The van der Waals surface area contributed by atoms with Gasteiger partial charge in [-0.25, -0.2) is 0 Å². The molecule has 1 N–H and O–H groups in total. The van der Waals surface area contributed by atoms with Crippen LogP contribution in [0.1, 0.15) is 24.2 Å². The number of methoxy groups -OCH3 is 1. The van der Waals surface area contributed by atoms with Gasteiger partial charge in [0.15, 0.2) is 11.5 Å². The van der Waals surface area contributed by atoms with Crippen LogP contribution in [-0.2, 0) is 6.54 Å². The third-order valence-electron chi connectivity index (χ3n) is 3.18. The van der Waals surface area contributed by atoms with E-state index < -0.39 is 0 Å². The molecule has 0 aliphatic rings. The van der Waals surface area contributed by atoms with Crippen molar-refractivity contribution >= 4 is 17.5 Å². The highest BCUT2D eigenvalue weighted by Crippen LogP contribution is 2.36. The lowest BCUT2D eigenvalue weighted by Gasteiger charge is -2.16. The Bertz CT molecular complexity index is 659. The minimum atomic E-state index is -0.229. The first-order valence-corrected chi connectivity index (χ1v) is 7.71. The van der Waals surface area contributed by atoms with Crippen molar-refractivity contribution in [2.75, 3.05) is 13.7 Å². The predicted molar refractivity (Wildman–Crippen MR) is 88.3 cm³/mol. The molecule has 2 aromatic rings. The number of amides is 1. The maximum atomic E-state index is 12.4. The Labute approximate surface area is 140 Å². The fourth-order valence-corrected chi connectivity index (χ4v) is 2.44. The van der Waals surface area contributed by atoms with Crippen LogP contribution in [0.25, 0.3) is 0 Å². The van der Waals surface area contributed by atoms with Gasteiger partial charge in [-0.15, -0.1) is 0 Å². The zero-order valence-electron chi connectivity index (χ0n) is 13.4. The molecule has 2 rings (SSSR count). The second kappa shape index (κ2) is 7.87. The molecule has 0 aliphatic carbocycles. The minimum Gasteiger partial charge on any atom is -0.493 e. The molecular formula is C16H20ClN3O3. The van der Waals surface area contributed by atoms with Gasteiger partial charge in [0.2, 0.25) is 0 Å². The van der Waals surface area contributed by atoms with Gasteiger partial charge in [0, 0.05) is 24.0 Å². The highest BCUT2D eigenvalue weighted by atomic mass is 35.5. The number of carbonyl (C=O) groups excluding carboxylic acids is 1. The number of halogens is 1. The Morgan fingerprint density at radius 2 is 2.26 bits per heavy atom. The number of benzene rings is 1. The van der Waals surface area contributed by atoms with Crippen molar-refractivity contribution in [1.29, 1.82) is 0 Å². The van der Waals surface area contributed by atoms with E-state index >= 15 is 0 Å². The molecule has 1 heterocycles. The summed E-state index contributed by atoms with van der Waals surface area (Å²) in [7, 11) is 1.51. The summed E-state index contributed by atoms with van der Waals surface area (Å²) in [5, 5.41) is 7.37. The average molecular weight is 338 g/mol. The zero-order valence-corrected chi connectivity index (χ0v) is 14.1. The second-order valence-corrected chi connectivity index (χ2v) is 5.43. The summed E-state index contributed by atoms with van der Waals surface area (Å²) in [6.45, 7) is 4.81. The summed E-state index contributed by atoms with van der Waals surface area (Å²) < 4.78 is 12.5. The maximum absolute atomic E-state index is 12.4. The van der Waals surface area contributed by atoms with Crippen LogP contribution < -0.4 is 14.8 Å². The number of ether oxygens (including phenoxy) is 2. The Morgan fingerprint density at radius 3 is 2.87 bits per heavy atom. The van der Waals surface area contributed by atoms with Gasteiger partial charge >= 0.3 is 0 Å². The molecule has 1 aromatic heterocycles. The van der Waals surface area contributed by atoms with Gasteiger partial charge in [-0.05, 0) is 32.0 Å². The monoisotopic (exact) mass is 337 g/mol. The van der Waals surface area contributed by atoms with Gasteiger partial charge in [-0.3, -0.25) is 9.48 Å². The van der Waals surface area contributed by atoms with Gasteiger partial charge < -0.3 is 14.8 Å². The van der Waals surface area contributed by atoms with Crippen molar-refractivity contribution < 1.29 is 14.3 Å². The average Bonchev–Trinajstić information content (AvgIpc) is 3.01. The normalized spacial score (nSPS) is 11.8. The molecule has 0 saturated carbocycles. The number of rotatable bonds is 7. The third-order valence-corrected chi connectivity index (χ3v) is 3.46. The van der Waals surface area contributed by atoms with Gasteiger partial charge in [-0.2, -0.15) is 5.10 Å². The first-order valence-electron chi connectivity index (χ1n) is 7.33. The van der Waals surface area contributed by atoms with Gasteiger partial charge in [0.05, 0.1) is 25.3 Å². The van der Waals surface area contributed by atoms with Crippen LogP contribution in [-0.4, -0.2) is 35.4 Å². The van der Waals surface area contributed by atoms with Crippen molar-refractivity contribution in [2.45, 2.75) is 26.4 Å². The number of nitrogens with zero attached hydrogens (tertiary/aromatic N) is 2. The lowest BCUT2D eigenvalue weighted by molar-refractivity contribution is 0.0935. The molecule has 0 aliphatic heterocycles. The topological polar surface area (TPSA) is 65.4 Å². The molecule has 0 saturated heterocycles. The van der Waals surface area contributed by atoms with E-state index in [1.54, 1.807) is 23.0 Å². The summed E-state index contributed by atoms with van der Waals surface area (Å²) in [6.07, 6.45) is 3.55. The molecule has 0 unspecified atom stereocenters. The van der Waals surface area contributed by atoms with Crippen LogP contribution in [0.5, 0.6) is 11.5 Å². The van der Waals surface area contributed by atoms with Crippen LogP contribution in [0, 0.1) is 0 Å². The third kappa shape index (κ3) is 4.39. The Morgan fingerprint density at radius 1 is 1.48 bits per heavy atom. The number of hydrogen-bond acceptors (Lipinski definition) is 4. The van der Waals surface area contributed by atoms with E-state index in [0.29, 0.717) is 35.2 Å². The summed E-state index contributed by atoms with van der Waals surface area (Å²) in [5.74, 6) is 0.648. The Balaban J connectivity index is 2.11. The first-order chi connectivity index (χ1) is 11.0. The lowest BCUT2D eigenvalue weighted by atomic mass is 10.1. The molecule has 0 bridgehead atoms. The van der Waals surface area contributed by atoms with Crippen molar-refractivity contribution in [1.82, 2.24) is 15.1 Å². The summed E-state index contributed by atoms with van der Waals surface area (Å²) in [6, 6.07) is 4.95. The number of carbonyl (C=O) groups is 1. The molecular weight excluding hydrogens is 318 g/mol. The summed E-state index contributed by atoms with van der Waals surface area (Å²) in [5.41, 5.74) is 0.419. The van der Waals surface area contributed by atoms with Gasteiger partial charge in [0.1, 0.15) is 0 Å². The van der Waals surface area contributed by atoms with Crippen LogP contribution in [0.15, 0.2) is 30.6 Å². The standard InChI is InChI=1S/C16H20ClN3O3/c1-4-23-15-13(17)8-12(9-14(15)22-3)16(21)19-11(2)10-20-7-5-6-18-20/h5-9,11H,4,10H2,1-3H3,(H,19,21)/t11-/m1/s1. The molecule has 124 valence electrons. The minimum absolute atomic E-state index is 0.0845. The number of aromatic nitrogens is 2. The van der Waals surface area contributed by atoms with Crippen molar-refractivity contribution in [3.63, 3.8) is 0 Å². The van der Waals surface area contributed by atoms with Crippen molar-refractivity contribution in [3.05, 3.63) is 41.2 Å². The molecule has 7 heteroatoms. The Kier molecular flexibility index (Phi) is 5.87. The molecule has 0 radical (unpaired) electrons. The molecule has 6 nitrogen and oxygen atoms in total. The quantitative estimate of drug-likeness (QED) is 0.843. The van der Waals surface area contributed by atoms with E-state index in [4.69, 9.17) is 21.1 Å². The molecule has 23 heavy (non-hydrogen) atoms. The van der Waals surface area contributed by atoms with E-state index in [1.165, 1.54) is 7.11 Å². The smallest absolute Gasteiger partial charge is 0.251 e. The van der Waals surface area contributed by atoms with Crippen molar-refractivity contribution in [2.24, 2.45) is 0 Å². The predicted octanol–water partition coefficient (Wildman–Crippen LogP) is 2.76. The van der Waals surface area contributed by atoms with E-state index in [-0.39, 0.29) is 11.9 Å². The van der Waals surface area contributed by atoms with Crippen LogP contribution >= 0.6 is 11.6 Å². The van der Waals surface area contributed by atoms with Crippen LogP contribution in [0.2, 0.25) is 5.02 Å². The van der Waals surface area contributed by atoms with E-state index in [2.05, 4.69) is 10.4 Å². The fraction of sp³-hybridized carbons (Fsp3) is 0.375. The largest absolute Gasteiger partial charge is 0.493 e. The number of hydrogen-bond donors (Lipinski definition) is 1. The molecule has 0 fully saturated rings. The van der Waals surface area contributed by atoms with Crippen molar-refractivity contribution in [3.8, 4) is 11.5 Å². The zero-order chi connectivity index (χ0) is 16.8. The summed E-state index contributed by atoms with van der Waals surface area (Å²) in [4.78, 5) is 12.4. The molecule has 1 aromatic carbocycles. The second-order valence-electron chi connectivity index (χ2n) is 5.03. The van der Waals surface area contributed by atoms with E-state index in [1.807, 2.05) is 26.1 Å². The highest BCUT2D eigenvalue weighted by Gasteiger charge is 2.17. The fourth-order valence-electron chi connectivity index (χ4n) is 2.18. The van der Waals surface area contributed by atoms with E-state index in [0.717, 1.165) is 0 Å². The number of nitrogens with one attached hydrogen (secondary N) is 1. The molecule has 1 atom stereocenters. The lowest BCUT2D eigenvalue weighted by Crippen LogP contribution is -2.35. The van der Waals surface area contributed by atoms with Crippen LogP contribution in [0.3, 0.4) is 0 Å². The highest BCUT2D eigenvalue weighted by molar-refractivity contribution is 6.32. The van der Waals surface area contributed by atoms with Gasteiger partial charge in [-0.1, -0.05) is 11.6 Å². The Hall–Kier alpha value is -2.21. The molecule has 0 spiro atoms. The van der Waals surface area contributed by atoms with Crippen LogP contribution in [0.4, 0.5) is 0 Å². The van der Waals surface area contributed by atoms with E-state index in [9.17, 15) is 4.79 Å². The SMILES string of the molecule is CCOc1c(Cl)cc(C(=O)N[C@H](C)Cn2cccn2)cc1OC. The van der Waals surface area contributed by atoms with Gasteiger partial charge in [0.25, 0.3) is 5.91 Å². The molecule has 1 amide bonds. The summed E-state index contributed by atoms with van der Waals surface area (Å²) >= 11 is 6.19. The first kappa shape index (κ1) is 17.1. The maximum Gasteiger partial charge on any atom is 0.251 e.